The fourth-order valence-corrected chi connectivity index (χ4v) is 12.0. The Kier molecular flexibility index (Phi) is 10.7. The molecule has 0 radical (unpaired) electrons. The first-order valence-electron chi connectivity index (χ1n) is 27.7. The van der Waals surface area contributed by atoms with E-state index in [1.165, 1.54) is 0 Å². The minimum atomic E-state index is 0.602. The standard InChI is InChI=1S/2C37H21N3O2/c1-3-10-23(11-4-1)35-38-36(24-12-5-2-6-13-24)40-37(39-35)27-16-8-7-15-26(27)25-20-30-33-31(21-25)42-29-19-18-22-14-9-17-28(41-30)32(22)34(29)33;1-3-8-23(9-4-1)35-38-36(24-10-5-2-6-11-24)40-37(39-35)25-16-14-22(15-17-25)26-18-20-30-32-27(26)19-21-31-34(32)33-28(41-30)12-7-13-29(33)42-31/h2*1-21H. The van der Waals surface area contributed by atoms with Gasteiger partial charge in [-0.15, -0.1) is 0 Å². The second-order valence-corrected chi connectivity index (χ2v) is 20.9. The molecule has 0 saturated carbocycles. The van der Waals surface area contributed by atoms with Gasteiger partial charge in [-0.1, -0.05) is 200 Å². The van der Waals surface area contributed by atoms with Crippen LogP contribution in [0.25, 0.3) is 156 Å². The smallest absolute Gasteiger partial charge is 0.164 e. The summed E-state index contributed by atoms with van der Waals surface area (Å²) in [6.07, 6.45) is 0. The molecule has 10 nitrogen and oxygen atoms in total. The van der Waals surface area contributed by atoms with E-state index in [0.717, 1.165) is 144 Å². The van der Waals surface area contributed by atoms with Gasteiger partial charge in [0, 0.05) is 54.9 Å². The highest BCUT2D eigenvalue weighted by atomic mass is 16.5. The lowest BCUT2D eigenvalue weighted by Gasteiger charge is -2.17. The number of nitrogens with zero attached hydrogens (tertiary/aromatic N) is 6. The number of ether oxygens (including phenoxy) is 2. The third-order valence-electron chi connectivity index (χ3n) is 15.8. The Morgan fingerprint density at radius 2 is 0.655 bits per heavy atom. The van der Waals surface area contributed by atoms with Gasteiger partial charge in [0.15, 0.2) is 34.9 Å². The summed E-state index contributed by atoms with van der Waals surface area (Å²) in [5, 5.41) is 8.72. The molecule has 0 atom stereocenters. The summed E-state index contributed by atoms with van der Waals surface area (Å²) in [5.74, 6) is 7.10. The quantitative estimate of drug-likeness (QED) is 0.145. The molecule has 84 heavy (non-hydrogen) atoms. The van der Waals surface area contributed by atoms with Crippen LogP contribution >= 0.6 is 0 Å². The summed E-state index contributed by atoms with van der Waals surface area (Å²) in [6, 6.07) is 85.6. The lowest BCUT2D eigenvalue weighted by Crippen LogP contribution is -2.01. The molecule has 16 aromatic rings. The number of furan rings is 2. The monoisotopic (exact) mass is 1080 g/mol. The summed E-state index contributed by atoms with van der Waals surface area (Å²) in [4.78, 5) is 29.4. The van der Waals surface area contributed by atoms with Crippen molar-refractivity contribution in [2.24, 2.45) is 0 Å². The molecule has 4 aromatic heterocycles. The van der Waals surface area contributed by atoms with Gasteiger partial charge in [0.05, 0.1) is 10.8 Å². The van der Waals surface area contributed by atoms with Crippen molar-refractivity contribution < 1.29 is 18.3 Å². The van der Waals surface area contributed by atoms with E-state index in [4.69, 9.17) is 48.2 Å². The number of hydrogen-bond acceptors (Lipinski definition) is 10. The molecular weight excluding hydrogens is 1040 g/mol. The number of rotatable bonds is 8. The van der Waals surface area contributed by atoms with Gasteiger partial charge in [-0.25, -0.2) is 29.9 Å². The average molecular weight is 1080 g/mol. The van der Waals surface area contributed by atoms with Crippen molar-refractivity contribution >= 4 is 65.4 Å². The molecule has 0 fully saturated rings. The van der Waals surface area contributed by atoms with Gasteiger partial charge in [0.25, 0.3) is 0 Å². The van der Waals surface area contributed by atoms with Crippen LogP contribution in [0.3, 0.4) is 0 Å². The topological polar surface area (TPSA) is 122 Å². The molecule has 0 saturated heterocycles. The van der Waals surface area contributed by atoms with Crippen LogP contribution < -0.4 is 9.47 Å². The summed E-state index contributed by atoms with van der Waals surface area (Å²) in [5.41, 5.74) is 13.1. The molecule has 0 bridgehead atoms. The van der Waals surface area contributed by atoms with Crippen LogP contribution in [0.15, 0.2) is 264 Å². The highest BCUT2D eigenvalue weighted by molar-refractivity contribution is 6.26. The molecule has 0 unspecified atom stereocenters. The van der Waals surface area contributed by atoms with Gasteiger partial charge >= 0.3 is 0 Å². The van der Waals surface area contributed by atoms with E-state index in [2.05, 4.69) is 84.9 Å². The molecule has 0 aliphatic carbocycles. The van der Waals surface area contributed by atoms with E-state index < -0.39 is 0 Å². The molecule has 10 heteroatoms. The molecule has 18 rings (SSSR count). The Hall–Kier alpha value is -11.6. The Labute approximate surface area is 479 Å². The van der Waals surface area contributed by atoms with Crippen molar-refractivity contribution in [3.05, 3.63) is 255 Å². The maximum atomic E-state index is 6.50. The largest absolute Gasteiger partial charge is 0.456 e. The lowest BCUT2D eigenvalue weighted by atomic mass is 9.93. The van der Waals surface area contributed by atoms with Crippen molar-refractivity contribution in [3.8, 4) is 114 Å². The molecule has 0 spiro atoms. The summed E-state index contributed by atoms with van der Waals surface area (Å²) in [7, 11) is 0. The second-order valence-electron chi connectivity index (χ2n) is 20.9. The molecule has 0 amide bonds. The fraction of sp³-hybridized carbons (Fsp3) is 0. The maximum Gasteiger partial charge on any atom is 0.164 e. The van der Waals surface area contributed by atoms with E-state index >= 15 is 0 Å². The molecular formula is C74H42N6O4. The predicted molar refractivity (Wildman–Crippen MR) is 333 cm³/mol. The Morgan fingerprint density at radius 1 is 0.214 bits per heavy atom. The second kappa shape index (κ2) is 19.0. The Morgan fingerprint density at radius 3 is 1.26 bits per heavy atom. The van der Waals surface area contributed by atoms with E-state index in [-0.39, 0.29) is 0 Å². The zero-order chi connectivity index (χ0) is 55.2. The number of hydrogen-bond donors (Lipinski definition) is 0. The normalized spacial score (nSPS) is 12.0. The summed E-state index contributed by atoms with van der Waals surface area (Å²) in [6.45, 7) is 0. The Bertz CT molecular complexity index is 5190. The summed E-state index contributed by atoms with van der Waals surface area (Å²) < 4.78 is 25.4. The van der Waals surface area contributed by atoms with E-state index in [1.54, 1.807) is 0 Å². The zero-order valence-electron chi connectivity index (χ0n) is 44.6. The van der Waals surface area contributed by atoms with Gasteiger partial charge in [-0.2, -0.15) is 0 Å². The third-order valence-corrected chi connectivity index (χ3v) is 15.8. The average Bonchev–Trinajstić information content (AvgIpc) is 3.28. The predicted octanol–water partition coefficient (Wildman–Crippen LogP) is 19.4. The van der Waals surface area contributed by atoms with Gasteiger partial charge in [-0.05, 0) is 87.6 Å². The van der Waals surface area contributed by atoms with E-state index in [1.807, 2.05) is 170 Å². The summed E-state index contributed by atoms with van der Waals surface area (Å²) >= 11 is 0. The number of aromatic nitrogens is 6. The van der Waals surface area contributed by atoms with Crippen LogP contribution in [0.2, 0.25) is 0 Å². The van der Waals surface area contributed by atoms with Crippen LogP contribution in [0, 0.1) is 0 Å². The minimum absolute atomic E-state index is 0.602. The molecule has 2 aliphatic heterocycles. The molecule has 0 N–H and O–H groups in total. The SMILES string of the molecule is c1ccc(-c2nc(-c3ccccc3)nc(-c3ccc(-c4ccc5c6c4ccc4oc7cccc(c7c46)O5)cc3)n2)cc1.c1ccc(-c2nc(-c3ccccc3)nc(-c3ccccc3-c3cc4c5c(c3)oc3ccc6cccc(c6c35)O4)n2)cc1. The van der Waals surface area contributed by atoms with Crippen LogP contribution in [0.1, 0.15) is 0 Å². The first kappa shape index (κ1) is 47.2. The molecule has 12 aromatic carbocycles. The van der Waals surface area contributed by atoms with Gasteiger partial charge < -0.3 is 18.3 Å². The van der Waals surface area contributed by atoms with Gasteiger partial charge in [-0.3, -0.25) is 0 Å². The first-order chi connectivity index (χ1) is 41.6. The van der Waals surface area contributed by atoms with Gasteiger partial charge in [0.2, 0.25) is 0 Å². The van der Waals surface area contributed by atoms with Crippen LogP contribution in [-0.2, 0) is 0 Å². The first-order valence-corrected chi connectivity index (χ1v) is 27.7. The molecule has 6 heterocycles. The van der Waals surface area contributed by atoms with Crippen LogP contribution in [-0.4, -0.2) is 29.9 Å². The van der Waals surface area contributed by atoms with Crippen molar-refractivity contribution in [2.75, 3.05) is 0 Å². The van der Waals surface area contributed by atoms with Crippen molar-refractivity contribution in [2.45, 2.75) is 0 Å². The van der Waals surface area contributed by atoms with E-state index in [9.17, 15) is 0 Å². The fourth-order valence-electron chi connectivity index (χ4n) is 12.0. The maximum absolute atomic E-state index is 6.50. The van der Waals surface area contributed by atoms with Crippen molar-refractivity contribution in [1.29, 1.82) is 0 Å². The molecule has 2 aliphatic rings. The Balaban J connectivity index is 0.000000132. The van der Waals surface area contributed by atoms with Crippen molar-refractivity contribution in [3.63, 3.8) is 0 Å². The van der Waals surface area contributed by atoms with E-state index in [0.29, 0.717) is 34.9 Å². The highest BCUT2D eigenvalue weighted by Crippen LogP contribution is 2.52. The van der Waals surface area contributed by atoms with Crippen molar-refractivity contribution in [1.82, 2.24) is 29.9 Å². The molecule has 392 valence electrons. The minimum Gasteiger partial charge on any atom is -0.456 e. The van der Waals surface area contributed by atoms with Crippen LogP contribution in [0.4, 0.5) is 0 Å². The zero-order valence-corrected chi connectivity index (χ0v) is 44.6. The number of benzene rings is 12. The third kappa shape index (κ3) is 7.80. The highest BCUT2D eigenvalue weighted by Gasteiger charge is 2.27. The van der Waals surface area contributed by atoms with Gasteiger partial charge in [0.1, 0.15) is 45.3 Å². The lowest BCUT2D eigenvalue weighted by molar-refractivity contribution is 0.492. The van der Waals surface area contributed by atoms with Crippen LogP contribution in [0.5, 0.6) is 23.0 Å².